The molecule has 0 spiro atoms. The smallest absolute Gasteiger partial charge is 0.221 e. The van der Waals surface area contributed by atoms with E-state index in [1.807, 2.05) is 0 Å². The van der Waals surface area contributed by atoms with Crippen LogP contribution in [0.2, 0.25) is 0 Å². The molecular weight excluding hydrogens is 410 g/mol. The molecule has 0 radical (unpaired) electrons. The molecule has 1 aromatic rings. The average Bonchev–Trinajstić information content (AvgIpc) is 2.51. The Labute approximate surface area is 162 Å². The standard InChI is InChI=1S/C17H22BrN3O3.ClH/c1-11(17(24)13-2-4-14(18)5-3-13)21-16(23)7-6-15(22)20-10-12-8-19-9-12;/h2-5,11-12,19H,6-10H2,1H3,(H,20,22)(H,21,23);1H. The second-order valence-electron chi connectivity index (χ2n) is 5.99. The molecule has 0 saturated carbocycles. The number of hydrogen-bond acceptors (Lipinski definition) is 4. The molecule has 2 rings (SSSR count). The fourth-order valence-electron chi connectivity index (χ4n) is 2.31. The zero-order valence-corrected chi connectivity index (χ0v) is 16.4. The first kappa shape index (κ1) is 21.6. The maximum atomic E-state index is 12.2. The number of ketones is 1. The number of hydrogen-bond donors (Lipinski definition) is 3. The van der Waals surface area contributed by atoms with E-state index >= 15 is 0 Å². The largest absolute Gasteiger partial charge is 0.356 e. The summed E-state index contributed by atoms with van der Waals surface area (Å²) in [5.74, 6) is -0.0959. The molecule has 1 atom stereocenters. The minimum absolute atomic E-state index is 0. The van der Waals surface area contributed by atoms with Crippen molar-refractivity contribution in [1.82, 2.24) is 16.0 Å². The van der Waals surface area contributed by atoms with Crippen molar-refractivity contribution in [2.75, 3.05) is 19.6 Å². The van der Waals surface area contributed by atoms with Crippen molar-refractivity contribution in [2.24, 2.45) is 5.92 Å². The monoisotopic (exact) mass is 431 g/mol. The summed E-state index contributed by atoms with van der Waals surface area (Å²) in [6, 6.07) is 6.35. The van der Waals surface area contributed by atoms with Crippen LogP contribution in [0.3, 0.4) is 0 Å². The summed E-state index contributed by atoms with van der Waals surface area (Å²) < 4.78 is 0.888. The number of amides is 2. The van der Waals surface area contributed by atoms with E-state index in [1.165, 1.54) is 0 Å². The lowest BCUT2D eigenvalue weighted by Gasteiger charge is -2.27. The van der Waals surface area contributed by atoms with Crippen molar-refractivity contribution in [3.05, 3.63) is 34.3 Å². The van der Waals surface area contributed by atoms with E-state index in [0.29, 0.717) is 18.0 Å². The van der Waals surface area contributed by atoms with Crippen LogP contribution in [0.5, 0.6) is 0 Å². The number of carbonyl (C=O) groups excluding carboxylic acids is 3. The van der Waals surface area contributed by atoms with E-state index in [0.717, 1.165) is 17.6 Å². The Morgan fingerprint density at radius 2 is 1.76 bits per heavy atom. The van der Waals surface area contributed by atoms with Crippen LogP contribution >= 0.6 is 28.3 Å². The van der Waals surface area contributed by atoms with Crippen LogP contribution in [0.4, 0.5) is 0 Å². The SMILES string of the molecule is CC(NC(=O)CCC(=O)NCC1CNC1)C(=O)c1ccc(Br)cc1.Cl. The number of Topliss-reactive ketones (excluding diaryl/α,β-unsaturated/α-hetero) is 1. The normalized spacial score (nSPS) is 14.6. The van der Waals surface area contributed by atoms with Crippen LogP contribution in [0.1, 0.15) is 30.1 Å². The van der Waals surface area contributed by atoms with Gasteiger partial charge in [-0.3, -0.25) is 14.4 Å². The number of carbonyl (C=O) groups is 3. The second kappa shape index (κ2) is 10.5. The zero-order chi connectivity index (χ0) is 17.5. The molecule has 138 valence electrons. The summed E-state index contributed by atoms with van der Waals surface area (Å²) in [5.41, 5.74) is 0.540. The van der Waals surface area contributed by atoms with Gasteiger partial charge in [0.2, 0.25) is 11.8 Å². The van der Waals surface area contributed by atoms with Crippen molar-refractivity contribution in [1.29, 1.82) is 0 Å². The highest BCUT2D eigenvalue weighted by Crippen LogP contribution is 2.12. The fraction of sp³-hybridized carbons (Fsp3) is 0.471. The van der Waals surface area contributed by atoms with Crippen LogP contribution in [-0.2, 0) is 9.59 Å². The van der Waals surface area contributed by atoms with Crippen molar-refractivity contribution in [2.45, 2.75) is 25.8 Å². The number of benzene rings is 1. The Balaban J connectivity index is 0.00000312. The van der Waals surface area contributed by atoms with Crippen LogP contribution in [0, 0.1) is 5.92 Å². The molecular formula is C17H23BrClN3O3. The third kappa shape index (κ3) is 7.13. The van der Waals surface area contributed by atoms with Crippen molar-refractivity contribution >= 4 is 45.9 Å². The predicted octanol–water partition coefficient (Wildman–Crippen LogP) is 1.67. The highest BCUT2D eigenvalue weighted by atomic mass is 79.9. The lowest BCUT2D eigenvalue weighted by Crippen LogP contribution is -2.48. The maximum absolute atomic E-state index is 12.2. The van der Waals surface area contributed by atoms with E-state index in [1.54, 1.807) is 31.2 Å². The number of rotatable bonds is 8. The quantitative estimate of drug-likeness (QED) is 0.545. The lowest BCUT2D eigenvalue weighted by atomic mass is 10.0. The van der Waals surface area contributed by atoms with Gasteiger partial charge in [0.25, 0.3) is 0 Å². The molecule has 8 heteroatoms. The third-order valence-electron chi connectivity index (χ3n) is 3.93. The number of nitrogens with one attached hydrogen (secondary N) is 3. The van der Waals surface area contributed by atoms with E-state index in [2.05, 4.69) is 31.9 Å². The first-order valence-electron chi connectivity index (χ1n) is 8.02. The first-order valence-corrected chi connectivity index (χ1v) is 8.81. The molecule has 1 fully saturated rings. The second-order valence-corrected chi connectivity index (χ2v) is 6.90. The third-order valence-corrected chi connectivity index (χ3v) is 4.46. The minimum Gasteiger partial charge on any atom is -0.356 e. The van der Waals surface area contributed by atoms with Gasteiger partial charge in [0.15, 0.2) is 5.78 Å². The molecule has 2 amide bonds. The fourth-order valence-corrected chi connectivity index (χ4v) is 2.57. The Morgan fingerprint density at radius 1 is 1.16 bits per heavy atom. The molecule has 25 heavy (non-hydrogen) atoms. The number of halogens is 2. The summed E-state index contributed by atoms with van der Waals surface area (Å²) >= 11 is 3.31. The van der Waals surface area contributed by atoms with Gasteiger partial charge in [-0.25, -0.2) is 0 Å². The lowest BCUT2D eigenvalue weighted by molar-refractivity contribution is -0.126. The average molecular weight is 433 g/mol. The van der Waals surface area contributed by atoms with Gasteiger partial charge in [-0.05, 0) is 19.1 Å². The van der Waals surface area contributed by atoms with Gasteiger partial charge >= 0.3 is 0 Å². The molecule has 0 bridgehead atoms. The van der Waals surface area contributed by atoms with E-state index in [9.17, 15) is 14.4 Å². The zero-order valence-electron chi connectivity index (χ0n) is 14.0. The van der Waals surface area contributed by atoms with Crippen LogP contribution in [-0.4, -0.2) is 43.3 Å². The summed E-state index contributed by atoms with van der Waals surface area (Å²) in [7, 11) is 0. The maximum Gasteiger partial charge on any atom is 0.221 e. The predicted molar refractivity (Wildman–Crippen MR) is 102 cm³/mol. The molecule has 6 nitrogen and oxygen atoms in total. The Bertz CT molecular complexity index is 606. The molecule has 0 aromatic heterocycles. The summed E-state index contributed by atoms with van der Waals surface area (Å²) in [4.78, 5) is 35.8. The van der Waals surface area contributed by atoms with Gasteiger partial charge in [0.1, 0.15) is 0 Å². The van der Waals surface area contributed by atoms with E-state index in [4.69, 9.17) is 0 Å². The first-order chi connectivity index (χ1) is 11.5. The van der Waals surface area contributed by atoms with Crippen molar-refractivity contribution in [3.8, 4) is 0 Å². The molecule has 1 aromatic carbocycles. The van der Waals surface area contributed by atoms with Gasteiger partial charge in [-0.1, -0.05) is 28.1 Å². The van der Waals surface area contributed by atoms with E-state index in [-0.39, 0.29) is 42.8 Å². The van der Waals surface area contributed by atoms with Crippen molar-refractivity contribution < 1.29 is 14.4 Å². The van der Waals surface area contributed by atoms with Crippen LogP contribution in [0.15, 0.2) is 28.7 Å². The molecule has 0 aliphatic carbocycles. The van der Waals surface area contributed by atoms with E-state index < -0.39 is 6.04 Å². The molecule has 1 aliphatic heterocycles. The topological polar surface area (TPSA) is 87.3 Å². The van der Waals surface area contributed by atoms with Gasteiger partial charge in [0.05, 0.1) is 6.04 Å². The molecule has 1 unspecified atom stereocenters. The Hall–Kier alpha value is -1.44. The Morgan fingerprint density at radius 3 is 2.32 bits per heavy atom. The molecule has 1 aliphatic rings. The van der Waals surface area contributed by atoms with Gasteiger partial charge in [-0.2, -0.15) is 0 Å². The van der Waals surface area contributed by atoms with Gasteiger partial charge in [0, 0.05) is 48.4 Å². The molecule has 3 N–H and O–H groups in total. The van der Waals surface area contributed by atoms with Gasteiger partial charge in [-0.15, -0.1) is 12.4 Å². The molecule has 1 saturated heterocycles. The highest BCUT2D eigenvalue weighted by molar-refractivity contribution is 9.10. The highest BCUT2D eigenvalue weighted by Gasteiger charge is 2.19. The van der Waals surface area contributed by atoms with Crippen molar-refractivity contribution in [3.63, 3.8) is 0 Å². The summed E-state index contributed by atoms with van der Waals surface area (Å²) in [5, 5.41) is 8.60. The molecule has 1 heterocycles. The minimum atomic E-state index is -0.622. The van der Waals surface area contributed by atoms with Gasteiger partial charge < -0.3 is 16.0 Å². The summed E-state index contributed by atoms with van der Waals surface area (Å²) in [6.45, 7) is 4.14. The van der Waals surface area contributed by atoms with Crippen LogP contribution < -0.4 is 16.0 Å². The summed E-state index contributed by atoms with van der Waals surface area (Å²) in [6.07, 6.45) is 0.206. The van der Waals surface area contributed by atoms with Crippen LogP contribution in [0.25, 0.3) is 0 Å². The Kier molecular flexibility index (Phi) is 9.10.